The number of rotatable bonds is 5. The van der Waals surface area contributed by atoms with Gasteiger partial charge in [0.25, 0.3) is 0 Å². The number of aromatic carboxylic acids is 1. The summed E-state index contributed by atoms with van der Waals surface area (Å²) < 4.78 is 36.5. The zero-order valence-electron chi connectivity index (χ0n) is 10.5. The molecule has 2 rings (SSSR count). The highest BCUT2D eigenvalue weighted by Crippen LogP contribution is 2.37. The van der Waals surface area contributed by atoms with Gasteiger partial charge in [-0.3, -0.25) is 0 Å². The number of thioether (sulfide) groups is 1. The number of thiophene rings is 1. The van der Waals surface area contributed by atoms with Gasteiger partial charge in [0.1, 0.15) is 0 Å². The molecule has 3 nitrogen and oxygen atoms in total. The van der Waals surface area contributed by atoms with E-state index in [0.717, 1.165) is 4.88 Å². The molecule has 1 aromatic heterocycles. The lowest BCUT2D eigenvalue weighted by molar-refractivity contribution is -0.0328. The van der Waals surface area contributed by atoms with Crippen LogP contribution in [0.15, 0.2) is 40.6 Å². The summed E-state index contributed by atoms with van der Waals surface area (Å²) in [5, 5.41) is 13.4. The number of hydrogen-bond donors (Lipinski definition) is 2. The largest absolute Gasteiger partial charge is 0.478 e. The Balaban J connectivity index is 1.92. The van der Waals surface area contributed by atoms with Gasteiger partial charge in [0.15, 0.2) is 0 Å². The number of anilines is 1. The number of halogens is 3. The van der Waals surface area contributed by atoms with Crippen LogP contribution in [0.2, 0.25) is 0 Å². The van der Waals surface area contributed by atoms with Crippen LogP contribution < -0.4 is 5.32 Å². The van der Waals surface area contributed by atoms with Crippen molar-refractivity contribution in [1.82, 2.24) is 0 Å². The second kappa shape index (κ2) is 6.40. The van der Waals surface area contributed by atoms with Crippen molar-refractivity contribution in [2.24, 2.45) is 0 Å². The van der Waals surface area contributed by atoms with Crippen molar-refractivity contribution >= 4 is 34.8 Å². The van der Waals surface area contributed by atoms with Gasteiger partial charge < -0.3 is 10.4 Å². The highest BCUT2D eigenvalue weighted by atomic mass is 32.2. The van der Waals surface area contributed by atoms with Crippen LogP contribution in [0.4, 0.5) is 18.9 Å². The van der Waals surface area contributed by atoms with Crippen molar-refractivity contribution in [2.45, 2.75) is 16.9 Å². The van der Waals surface area contributed by atoms with Crippen molar-refractivity contribution in [1.29, 1.82) is 0 Å². The molecule has 0 bridgehead atoms. The fraction of sp³-hybridized carbons (Fsp3) is 0.154. The average molecular weight is 333 g/mol. The molecule has 1 aromatic carbocycles. The molecule has 0 saturated carbocycles. The molecule has 0 saturated heterocycles. The molecule has 1 heterocycles. The van der Waals surface area contributed by atoms with Gasteiger partial charge >= 0.3 is 11.5 Å². The van der Waals surface area contributed by atoms with Gasteiger partial charge in [-0.1, -0.05) is 0 Å². The Kier molecular flexibility index (Phi) is 4.79. The summed E-state index contributed by atoms with van der Waals surface area (Å²) in [6, 6.07) is 7.45. The third kappa shape index (κ3) is 4.98. The number of carbonyl (C=O) groups is 1. The number of nitrogens with one attached hydrogen (secondary N) is 1. The molecular formula is C13H10F3NO2S2. The first kappa shape index (κ1) is 15.7. The Morgan fingerprint density at radius 2 is 1.95 bits per heavy atom. The maximum Gasteiger partial charge on any atom is 0.446 e. The van der Waals surface area contributed by atoms with Gasteiger partial charge in [-0.25, -0.2) is 4.79 Å². The van der Waals surface area contributed by atoms with E-state index < -0.39 is 11.5 Å². The zero-order valence-corrected chi connectivity index (χ0v) is 12.1. The third-order valence-corrected chi connectivity index (χ3v) is 4.13. The monoisotopic (exact) mass is 333 g/mol. The van der Waals surface area contributed by atoms with Gasteiger partial charge in [-0.05, 0) is 42.1 Å². The van der Waals surface area contributed by atoms with E-state index in [9.17, 15) is 18.0 Å². The number of benzene rings is 1. The van der Waals surface area contributed by atoms with Crippen LogP contribution in [-0.4, -0.2) is 16.6 Å². The smallest absolute Gasteiger partial charge is 0.446 e. The van der Waals surface area contributed by atoms with E-state index in [0.29, 0.717) is 12.2 Å². The van der Waals surface area contributed by atoms with Crippen molar-refractivity contribution in [3.05, 3.63) is 46.2 Å². The van der Waals surface area contributed by atoms with E-state index in [1.807, 2.05) is 0 Å². The molecule has 2 N–H and O–H groups in total. The number of hydrogen-bond acceptors (Lipinski definition) is 4. The lowest BCUT2D eigenvalue weighted by atomic mass is 10.3. The molecule has 0 aliphatic carbocycles. The normalized spacial score (nSPS) is 11.4. The Bertz CT molecular complexity index is 623. The van der Waals surface area contributed by atoms with Crippen molar-refractivity contribution in [2.75, 3.05) is 5.32 Å². The lowest BCUT2D eigenvalue weighted by Gasteiger charge is -2.08. The molecule has 0 atom stereocenters. The van der Waals surface area contributed by atoms with E-state index in [-0.39, 0.29) is 22.2 Å². The van der Waals surface area contributed by atoms with E-state index in [1.54, 1.807) is 23.6 Å². The van der Waals surface area contributed by atoms with Crippen LogP contribution in [0.25, 0.3) is 0 Å². The predicted molar refractivity (Wildman–Crippen MR) is 77.0 cm³/mol. The van der Waals surface area contributed by atoms with E-state index in [1.165, 1.54) is 23.5 Å². The van der Waals surface area contributed by atoms with Crippen LogP contribution in [-0.2, 0) is 6.54 Å². The van der Waals surface area contributed by atoms with Crippen LogP contribution in [0.5, 0.6) is 0 Å². The highest BCUT2D eigenvalue weighted by Gasteiger charge is 2.28. The third-order valence-electron chi connectivity index (χ3n) is 2.46. The Morgan fingerprint density at radius 3 is 2.48 bits per heavy atom. The fourth-order valence-corrected chi connectivity index (χ4v) is 2.89. The molecule has 21 heavy (non-hydrogen) atoms. The summed E-state index contributed by atoms with van der Waals surface area (Å²) in [6.45, 7) is 0.420. The van der Waals surface area contributed by atoms with E-state index in [2.05, 4.69) is 5.32 Å². The Morgan fingerprint density at radius 1 is 1.29 bits per heavy atom. The van der Waals surface area contributed by atoms with Crippen molar-refractivity contribution in [3.63, 3.8) is 0 Å². The van der Waals surface area contributed by atoms with Crippen molar-refractivity contribution < 1.29 is 23.1 Å². The van der Waals surface area contributed by atoms with Gasteiger partial charge in [-0.2, -0.15) is 13.2 Å². The molecule has 0 amide bonds. The minimum absolute atomic E-state index is 0.123. The maximum absolute atomic E-state index is 12.2. The SMILES string of the molecule is O=C(O)c1csc(CNc2ccc(SC(F)(F)F)cc2)c1. The lowest BCUT2D eigenvalue weighted by Crippen LogP contribution is -2.00. The Labute approximate surface area is 126 Å². The molecule has 112 valence electrons. The van der Waals surface area contributed by atoms with E-state index >= 15 is 0 Å². The first-order valence-electron chi connectivity index (χ1n) is 5.74. The van der Waals surface area contributed by atoms with Crippen LogP contribution >= 0.6 is 23.1 Å². The minimum atomic E-state index is -4.29. The minimum Gasteiger partial charge on any atom is -0.478 e. The maximum atomic E-state index is 12.2. The first-order valence-corrected chi connectivity index (χ1v) is 7.43. The van der Waals surface area contributed by atoms with Gasteiger partial charge in [0.05, 0.1) is 5.56 Å². The first-order chi connectivity index (χ1) is 9.83. The molecule has 2 aromatic rings. The highest BCUT2D eigenvalue weighted by molar-refractivity contribution is 8.00. The van der Waals surface area contributed by atoms with Crippen LogP contribution in [0.3, 0.4) is 0 Å². The fourth-order valence-electron chi connectivity index (χ4n) is 1.55. The van der Waals surface area contributed by atoms with Gasteiger partial charge in [0, 0.05) is 27.4 Å². The second-order valence-electron chi connectivity index (χ2n) is 4.03. The predicted octanol–water partition coefficient (Wildman–Crippen LogP) is 4.67. The molecule has 0 radical (unpaired) electrons. The summed E-state index contributed by atoms with van der Waals surface area (Å²) in [5.74, 6) is -0.981. The summed E-state index contributed by atoms with van der Waals surface area (Å²) >= 11 is 1.15. The quantitative estimate of drug-likeness (QED) is 0.781. The topological polar surface area (TPSA) is 49.3 Å². The number of alkyl halides is 3. The summed E-state index contributed by atoms with van der Waals surface area (Å²) in [5.41, 5.74) is -3.39. The zero-order chi connectivity index (χ0) is 15.5. The average Bonchev–Trinajstić information content (AvgIpc) is 2.85. The van der Waals surface area contributed by atoms with Crippen LogP contribution in [0, 0.1) is 0 Å². The molecule has 0 aliphatic rings. The molecule has 0 unspecified atom stereocenters. The number of carboxylic acids is 1. The molecule has 8 heteroatoms. The molecule has 0 spiro atoms. The summed E-state index contributed by atoms with van der Waals surface area (Å²) in [7, 11) is 0. The standard InChI is InChI=1S/C13H10F3NO2S2/c14-13(15,16)21-10-3-1-9(2-4-10)17-6-11-5-8(7-20-11)12(18)19/h1-5,7,17H,6H2,(H,18,19). The van der Waals surface area contributed by atoms with E-state index in [4.69, 9.17) is 5.11 Å². The summed E-state index contributed by atoms with van der Waals surface area (Å²) in [4.78, 5) is 11.7. The summed E-state index contributed by atoms with van der Waals surface area (Å²) in [6.07, 6.45) is 0. The Hall–Kier alpha value is -1.67. The molecule has 0 aliphatic heterocycles. The molecular weight excluding hydrogens is 323 g/mol. The molecule has 0 fully saturated rings. The van der Waals surface area contributed by atoms with Crippen molar-refractivity contribution in [3.8, 4) is 0 Å². The number of carboxylic acid groups (broad SMARTS) is 1. The second-order valence-corrected chi connectivity index (χ2v) is 6.17. The van der Waals surface area contributed by atoms with Gasteiger partial charge in [0.2, 0.25) is 0 Å². The van der Waals surface area contributed by atoms with Crippen LogP contribution in [0.1, 0.15) is 15.2 Å². The van der Waals surface area contributed by atoms with Gasteiger partial charge in [-0.15, -0.1) is 11.3 Å².